The molecule has 0 fully saturated rings. The monoisotopic (exact) mass is 277 g/mol. The Bertz CT molecular complexity index is 408. The van der Waals surface area contributed by atoms with E-state index in [1.807, 2.05) is 18.2 Å². The molecule has 0 spiro atoms. The molecule has 0 saturated heterocycles. The summed E-state index contributed by atoms with van der Waals surface area (Å²) in [7, 11) is 0. The zero-order chi connectivity index (χ0) is 10.5. The molecule has 0 aliphatic carbocycles. The van der Waals surface area contributed by atoms with Crippen LogP contribution in [-0.2, 0) is 5.75 Å². The van der Waals surface area contributed by atoms with Gasteiger partial charge in [0, 0.05) is 15.1 Å². The van der Waals surface area contributed by atoms with E-state index in [0.29, 0.717) is 0 Å². The maximum Gasteiger partial charge on any atom is 0.0232 e. The van der Waals surface area contributed by atoms with Crippen molar-refractivity contribution in [2.24, 2.45) is 0 Å². The SMILES string of the molecule is Brc1c[c]c(SCc2ccccc2)cc1. The van der Waals surface area contributed by atoms with E-state index >= 15 is 0 Å². The lowest BCUT2D eigenvalue weighted by atomic mass is 10.2. The fraction of sp³-hybridized carbons (Fsp3) is 0.0769. The topological polar surface area (TPSA) is 0 Å². The standard InChI is InChI=1S/C13H10BrS/c14-12-6-8-13(9-7-12)15-10-11-4-2-1-3-5-11/h1-8H,10H2. The number of halogens is 1. The lowest BCUT2D eigenvalue weighted by Crippen LogP contribution is -1.79. The van der Waals surface area contributed by atoms with Crippen LogP contribution in [0.2, 0.25) is 0 Å². The average Bonchev–Trinajstić information content (AvgIpc) is 2.30. The molecule has 0 heterocycles. The van der Waals surface area contributed by atoms with E-state index in [9.17, 15) is 0 Å². The molecule has 15 heavy (non-hydrogen) atoms. The molecule has 0 amide bonds. The quantitative estimate of drug-likeness (QED) is 0.743. The summed E-state index contributed by atoms with van der Waals surface area (Å²) in [6.07, 6.45) is 0. The second-order valence-electron chi connectivity index (χ2n) is 3.15. The van der Waals surface area contributed by atoms with Crippen molar-refractivity contribution in [3.8, 4) is 0 Å². The highest BCUT2D eigenvalue weighted by molar-refractivity contribution is 9.10. The van der Waals surface area contributed by atoms with E-state index in [4.69, 9.17) is 0 Å². The molecule has 0 aromatic heterocycles. The van der Waals surface area contributed by atoms with Gasteiger partial charge in [-0.05, 0) is 29.8 Å². The number of hydrogen-bond donors (Lipinski definition) is 0. The maximum absolute atomic E-state index is 3.40. The van der Waals surface area contributed by atoms with Crippen LogP contribution in [0.25, 0.3) is 0 Å². The van der Waals surface area contributed by atoms with E-state index in [-0.39, 0.29) is 0 Å². The highest BCUT2D eigenvalue weighted by Gasteiger charge is 1.95. The van der Waals surface area contributed by atoms with Gasteiger partial charge in [0.2, 0.25) is 0 Å². The Labute approximate surface area is 103 Å². The molecule has 0 nitrogen and oxygen atoms in total. The lowest BCUT2D eigenvalue weighted by molar-refractivity contribution is 1.37. The minimum Gasteiger partial charge on any atom is -0.121 e. The van der Waals surface area contributed by atoms with Gasteiger partial charge in [0.05, 0.1) is 0 Å². The summed E-state index contributed by atoms with van der Waals surface area (Å²) in [4.78, 5) is 1.18. The third kappa shape index (κ3) is 3.40. The van der Waals surface area contributed by atoms with Crippen LogP contribution in [0.4, 0.5) is 0 Å². The van der Waals surface area contributed by atoms with Crippen molar-refractivity contribution in [2.75, 3.05) is 0 Å². The van der Waals surface area contributed by atoms with E-state index in [0.717, 1.165) is 10.2 Å². The van der Waals surface area contributed by atoms with Crippen LogP contribution in [0.15, 0.2) is 57.9 Å². The largest absolute Gasteiger partial charge is 0.121 e. The van der Waals surface area contributed by atoms with Crippen LogP contribution >= 0.6 is 27.7 Å². The summed E-state index contributed by atoms with van der Waals surface area (Å²) >= 11 is 5.21. The minimum absolute atomic E-state index is 0.999. The number of hydrogen-bond acceptors (Lipinski definition) is 1. The van der Waals surface area contributed by atoms with E-state index in [1.54, 1.807) is 11.8 Å². The molecule has 2 aromatic rings. The summed E-state index contributed by atoms with van der Waals surface area (Å²) < 4.78 is 1.08. The molecule has 0 unspecified atom stereocenters. The van der Waals surface area contributed by atoms with E-state index in [2.05, 4.69) is 52.3 Å². The summed E-state index contributed by atoms with van der Waals surface area (Å²) in [5.74, 6) is 0.999. The predicted octanol–water partition coefficient (Wildman–Crippen LogP) is 4.54. The molecule has 0 aliphatic rings. The minimum atomic E-state index is 0.999. The maximum atomic E-state index is 3.40. The van der Waals surface area contributed by atoms with Gasteiger partial charge >= 0.3 is 0 Å². The molecular formula is C13H10BrS. The van der Waals surface area contributed by atoms with Gasteiger partial charge < -0.3 is 0 Å². The number of thioether (sulfide) groups is 1. The van der Waals surface area contributed by atoms with Crippen LogP contribution in [0.5, 0.6) is 0 Å². The normalized spacial score (nSPS) is 10.2. The van der Waals surface area contributed by atoms with Crippen LogP contribution in [0.1, 0.15) is 5.56 Å². The average molecular weight is 278 g/mol. The van der Waals surface area contributed by atoms with Crippen molar-refractivity contribution >= 4 is 27.7 Å². The smallest absolute Gasteiger partial charge is 0.0232 e. The fourth-order valence-corrected chi connectivity index (χ4v) is 2.28. The van der Waals surface area contributed by atoms with Gasteiger partial charge in [-0.25, -0.2) is 0 Å². The Morgan fingerprint density at radius 3 is 2.53 bits per heavy atom. The van der Waals surface area contributed by atoms with Gasteiger partial charge in [0.1, 0.15) is 0 Å². The van der Waals surface area contributed by atoms with Crippen LogP contribution in [0, 0.1) is 6.07 Å². The van der Waals surface area contributed by atoms with Crippen LogP contribution in [0.3, 0.4) is 0 Å². The first-order valence-corrected chi connectivity index (χ1v) is 6.46. The molecule has 75 valence electrons. The Hall–Kier alpha value is -0.730. The molecule has 2 heteroatoms. The summed E-state index contributed by atoms with van der Waals surface area (Å²) in [6.45, 7) is 0. The highest BCUT2D eigenvalue weighted by Crippen LogP contribution is 2.23. The number of rotatable bonds is 3. The molecule has 1 radical (unpaired) electrons. The van der Waals surface area contributed by atoms with Gasteiger partial charge in [-0.2, -0.15) is 0 Å². The molecule has 0 saturated carbocycles. The molecule has 2 rings (SSSR count). The van der Waals surface area contributed by atoms with Crippen molar-refractivity contribution in [1.82, 2.24) is 0 Å². The summed E-state index contributed by atoms with van der Waals surface area (Å²) in [5, 5.41) is 0. The first-order valence-electron chi connectivity index (χ1n) is 4.68. The Morgan fingerprint density at radius 2 is 1.87 bits per heavy atom. The molecule has 0 atom stereocenters. The second kappa shape index (κ2) is 5.38. The van der Waals surface area contributed by atoms with Gasteiger partial charge in [0.15, 0.2) is 0 Å². The van der Waals surface area contributed by atoms with E-state index in [1.165, 1.54) is 10.5 Å². The third-order valence-electron chi connectivity index (χ3n) is 1.98. The Morgan fingerprint density at radius 1 is 1.07 bits per heavy atom. The van der Waals surface area contributed by atoms with Crippen molar-refractivity contribution in [3.63, 3.8) is 0 Å². The predicted molar refractivity (Wildman–Crippen MR) is 69.0 cm³/mol. The molecule has 0 aliphatic heterocycles. The van der Waals surface area contributed by atoms with Gasteiger partial charge in [0.25, 0.3) is 0 Å². The van der Waals surface area contributed by atoms with Gasteiger partial charge in [-0.1, -0.05) is 46.3 Å². The first-order chi connectivity index (χ1) is 7.34. The van der Waals surface area contributed by atoms with Crippen molar-refractivity contribution < 1.29 is 0 Å². The molecular weight excluding hydrogens is 268 g/mol. The van der Waals surface area contributed by atoms with Crippen molar-refractivity contribution in [2.45, 2.75) is 10.6 Å². The molecule has 2 aromatic carbocycles. The van der Waals surface area contributed by atoms with Crippen molar-refractivity contribution in [1.29, 1.82) is 0 Å². The summed E-state index contributed by atoms with van der Waals surface area (Å²) in [5.41, 5.74) is 1.35. The van der Waals surface area contributed by atoms with Crippen LogP contribution in [-0.4, -0.2) is 0 Å². The van der Waals surface area contributed by atoms with Gasteiger partial charge in [-0.15, -0.1) is 11.8 Å². The Balaban J connectivity index is 1.96. The van der Waals surface area contributed by atoms with Gasteiger partial charge in [-0.3, -0.25) is 0 Å². The highest BCUT2D eigenvalue weighted by atomic mass is 79.9. The molecule has 0 bridgehead atoms. The van der Waals surface area contributed by atoms with Crippen LogP contribution < -0.4 is 0 Å². The Kier molecular flexibility index (Phi) is 3.87. The second-order valence-corrected chi connectivity index (χ2v) is 5.08. The lowest BCUT2D eigenvalue weighted by Gasteiger charge is -2.01. The van der Waals surface area contributed by atoms with Crippen molar-refractivity contribution in [3.05, 3.63) is 64.6 Å². The van der Waals surface area contributed by atoms with E-state index < -0.39 is 0 Å². The first kappa shape index (κ1) is 10.8. The zero-order valence-corrected chi connectivity index (χ0v) is 10.5. The molecule has 0 N–H and O–H groups in total. The third-order valence-corrected chi connectivity index (χ3v) is 3.52. The zero-order valence-electron chi connectivity index (χ0n) is 8.11. The number of benzene rings is 2. The summed E-state index contributed by atoms with van der Waals surface area (Å²) in [6, 6.07) is 19.8. The fourth-order valence-electron chi connectivity index (χ4n) is 1.22.